The van der Waals surface area contributed by atoms with Crippen LogP contribution >= 0.6 is 0 Å². The predicted octanol–water partition coefficient (Wildman–Crippen LogP) is 2.31. The van der Waals surface area contributed by atoms with Crippen LogP contribution in [0.4, 0.5) is 5.69 Å². The minimum Gasteiger partial charge on any atom is -0.393 e. The Labute approximate surface area is 125 Å². The van der Waals surface area contributed by atoms with Crippen molar-refractivity contribution in [2.24, 2.45) is 0 Å². The molecule has 0 fully saturated rings. The van der Waals surface area contributed by atoms with Crippen LogP contribution in [0.2, 0.25) is 0 Å². The number of nitrogens with one attached hydrogen (secondary N) is 2. The van der Waals surface area contributed by atoms with Crippen LogP contribution in [-0.2, 0) is 4.79 Å². The summed E-state index contributed by atoms with van der Waals surface area (Å²) in [6.07, 6.45) is 0.209. The molecule has 21 heavy (non-hydrogen) atoms. The molecule has 116 valence electrons. The first-order valence-corrected chi connectivity index (χ1v) is 7.08. The van der Waals surface area contributed by atoms with Crippen LogP contribution < -0.4 is 10.6 Å². The van der Waals surface area contributed by atoms with Crippen molar-refractivity contribution in [1.82, 2.24) is 5.32 Å². The summed E-state index contributed by atoms with van der Waals surface area (Å²) in [5.74, 6) is -0.294. The number of aliphatic hydroxyl groups excluding tert-OH is 1. The number of amides is 2. The van der Waals surface area contributed by atoms with E-state index in [0.717, 1.165) is 0 Å². The van der Waals surface area contributed by atoms with Crippen molar-refractivity contribution in [3.8, 4) is 0 Å². The van der Waals surface area contributed by atoms with Gasteiger partial charge in [-0.1, -0.05) is 0 Å². The molecular weight excluding hydrogens is 268 g/mol. The van der Waals surface area contributed by atoms with Gasteiger partial charge in [-0.3, -0.25) is 9.59 Å². The highest BCUT2D eigenvalue weighted by Gasteiger charge is 2.15. The van der Waals surface area contributed by atoms with Gasteiger partial charge in [0.05, 0.1) is 6.10 Å². The molecule has 0 radical (unpaired) electrons. The Kier molecular flexibility index (Phi) is 5.90. The fraction of sp³-hybridized carbons (Fsp3) is 0.500. The first-order chi connectivity index (χ1) is 9.67. The minimum atomic E-state index is -0.487. The Hall–Kier alpha value is -1.88. The van der Waals surface area contributed by atoms with Gasteiger partial charge in [-0.25, -0.2) is 0 Å². The van der Waals surface area contributed by atoms with Crippen LogP contribution in [0.3, 0.4) is 0 Å². The van der Waals surface area contributed by atoms with Crippen LogP contribution in [0.25, 0.3) is 0 Å². The van der Waals surface area contributed by atoms with Crippen molar-refractivity contribution in [3.63, 3.8) is 0 Å². The highest BCUT2D eigenvalue weighted by molar-refractivity contribution is 5.96. The molecular formula is C16H24N2O3. The van der Waals surface area contributed by atoms with E-state index in [1.165, 1.54) is 0 Å². The fourth-order valence-electron chi connectivity index (χ4n) is 1.68. The van der Waals surface area contributed by atoms with Gasteiger partial charge < -0.3 is 15.7 Å². The lowest BCUT2D eigenvalue weighted by atomic mass is 10.1. The van der Waals surface area contributed by atoms with E-state index in [9.17, 15) is 9.59 Å². The highest BCUT2D eigenvalue weighted by atomic mass is 16.3. The second-order valence-electron chi connectivity index (χ2n) is 6.22. The summed E-state index contributed by atoms with van der Waals surface area (Å²) in [7, 11) is 0. The molecule has 0 aliphatic carbocycles. The molecule has 5 nitrogen and oxygen atoms in total. The average Bonchev–Trinajstić information content (AvgIpc) is 2.35. The van der Waals surface area contributed by atoms with Crippen molar-refractivity contribution >= 4 is 17.5 Å². The smallest absolute Gasteiger partial charge is 0.251 e. The SMILES string of the molecule is CC(O)CCC(=O)Nc1ccc(C(=O)NC(C)(C)C)cc1. The standard InChI is InChI=1S/C16H24N2O3/c1-11(19)5-10-14(20)17-13-8-6-12(7-9-13)15(21)18-16(2,3)4/h6-9,11,19H,5,10H2,1-4H3,(H,17,20)(H,18,21). The third-order valence-electron chi connectivity index (χ3n) is 2.71. The number of hydrogen-bond acceptors (Lipinski definition) is 3. The van der Waals surface area contributed by atoms with Gasteiger partial charge in [-0.15, -0.1) is 0 Å². The number of benzene rings is 1. The number of rotatable bonds is 5. The fourth-order valence-corrected chi connectivity index (χ4v) is 1.68. The van der Waals surface area contributed by atoms with Gasteiger partial charge in [0.25, 0.3) is 5.91 Å². The molecule has 3 N–H and O–H groups in total. The number of carbonyl (C=O) groups excluding carboxylic acids is 2. The summed E-state index contributed by atoms with van der Waals surface area (Å²) in [5, 5.41) is 14.7. The molecule has 0 bridgehead atoms. The Balaban J connectivity index is 2.58. The first kappa shape index (κ1) is 17.2. The lowest BCUT2D eigenvalue weighted by Gasteiger charge is -2.20. The summed E-state index contributed by atoms with van der Waals surface area (Å²) in [6.45, 7) is 7.40. The Morgan fingerprint density at radius 3 is 2.24 bits per heavy atom. The van der Waals surface area contributed by atoms with Crippen molar-refractivity contribution < 1.29 is 14.7 Å². The van der Waals surface area contributed by atoms with Crippen LogP contribution in [0.15, 0.2) is 24.3 Å². The van der Waals surface area contributed by atoms with Crippen molar-refractivity contribution in [2.75, 3.05) is 5.32 Å². The van der Waals surface area contributed by atoms with Crippen LogP contribution in [0.1, 0.15) is 50.9 Å². The van der Waals surface area contributed by atoms with E-state index in [2.05, 4.69) is 10.6 Å². The molecule has 0 aliphatic heterocycles. The second kappa shape index (κ2) is 7.22. The number of anilines is 1. The van der Waals surface area contributed by atoms with Crippen molar-refractivity contribution in [2.45, 2.75) is 52.2 Å². The van der Waals surface area contributed by atoms with Gasteiger partial charge in [0, 0.05) is 23.2 Å². The summed E-state index contributed by atoms with van der Waals surface area (Å²) in [4.78, 5) is 23.6. The van der Waals surface area contributed by atoms with Crippen molar-refractivity contribution in [3.05, 3.63) is 29.8 Å². The molecule has 0 spiro atoms. The minimum absolute atomic E-state index is 0.144. The number of carbonyl (C=O) groups is 2. The topological polar surface area (TPSA) is 78.4 Å². The maximum Gasteiger partial charge on any atom is 0.251 e. The molecule has 0 aromatic heterocycles. The third kappa shape index (κ3) is 6.90. The van der Waals surface area contributed by atoms with Crippen LogP contribution in [0, 0.1) is 0 Å². The van der Waals surface area contributed by atoms with E-state index in [0.29, 0.717) is 17.7 Å². The zero-order valence-corrected chi connectivity index (χ0v) is 13.1. The predicted molar refractivity (Wildman–Crippen MR) is 83.2 cm³/mol. The summed E-state index contributed by atoms with van der Waals surface area (Å²) in [5.41, 5.74) is 0.898. The third-order valence-corrected chi connectivity index (χ3v) is 2.71. The molecule has 1 unspecified atom stereocenters. The number of aliphatic hydroxyl groups is 1. The zero-order valence-electron chi connectivity index (χ0n) is 13.1. The van der Waals surface area contributed by atoms with Crippen LogP contribution in [-0.4, -0.2) is 28.6 Å². The molecule has 0 saturated heterocycles. The maximum absolute atomic E-state index is 11.9. The van der Waals surface area contributed by atoms with E-state index in [4.69, 9.17) is 5.11 Å². The molecule has 0 saturated carbocycles. The molecule has 0 heterocycles. The molecule has 1 atom stereocenters. The molecule has 1 aromatic rings. The largest absolute Gasteiger partial charge is 0.393 e. The van der Waals surface area contributed by atoms with Crippen molar-refractivity contribution in [1.29, 1.82) is 0 Å². The first-order valence-electron chi connectivity index (χ1n) is 7.08. The van der Waals surface area contributed by atoms with Gasteiger partial charge in [-0.2, -0.15) is 0 Å². The van der Waals surface area contributed by atoms with Gasteiger partial charge in [0.1, 0.15) is 0 Å². The monoisotopic (exact) mass is 292 g/mol. The van der Waals surface area contributed by atoms with E-state index >= 15 is 0 Å². The van der Waals surface area contributed by atoms with E-state index < -0.39 is 6.10 Å². The molecule has 0 aliphatic rings. The summed E-state index contributed by atoms with van der Waals surface area (Å²) >= 11 is 0. The molecule has 5 heteroatoms. The van der Waals surface area contributed by atoms with E-state index in [1.54, 1.807) is 31.2 Å². The summed E-state index contributed by atoms with van der Waals surface area (Å²) in [6, 6.07) is 6.73. The van der Waals surface area contributed by atoms with E-state index in [-0.39, 0.29) is 23.8 Å². The second-order valence-corrected chi connectivity index (χ2v) is 6.22. The number of hydrogen-bond donors (Lipinski definition) is 3. The summed E-state index contributed by atoms with van der Waals surface area (Å²) < 4.78 is 0. The van der Waals surface area contributed by atoms with Gasteiger partial charge >= 0.3 is 0 Å². The molecule has 1 aromatic carbocycles. The Morgan fingerprint density at radius 2 is 1.76 bits per heavy atom. The quantitative estimate of drug-likeness (QED) is 0.779. The van der Waals surface area contributed by atoms with Gasteiger partial charge in [-0.05, 0) is 58.4 Å². The highest BCUT2D eigenvalue weighted by Crippen LogP contribution is 2.12. The molecule has 1 rings (SSSR count). The van der Waals surface area contributed by atoms with E-state index in [1.807, 2.05) is 20.8 Å². The lowest BCUT2D eigenvalue weighted by molar-refractivity contribution is -0.116. The lowest BCUT2D eigenvalue weighted by Crippen LogP contribution is -2.40. The molecule has 2 amide bonds. The van der Waals surface area contributed by atoms with Gasteiger partial charge in [0.15, 0.2) is 0 Å². The van der Waals surface area contributed by atoms with Crippen LogP contribution in [0.5, 0.6) is 0 Å². The zero-order chi connectivity index (χ0) is 16.0. The van der Waals surface area contributed by atoms with Gasteiger partial charge in [0.2, 0.25) is 5.91 Å². The maximum atomic E-state index is 11.9. The Morgan fingerprint density at radius 1 is 1.19 bits per heavy atom. The average molecular weight is 292 g/mol. The Bertz CT molecular complexity index is 487. The normalized spacial score (nSPS) is 12.6.